The molecule has 0 fully saturated rings. The maximum Gasteiger partial charge on any atom is 0.221 e. The highest BCUT2D eigenvalue weighted by Crippen LogP contribution is 2.24. The first-order valence-electron chi connectivity index (χ1n) is 8.43. The third-order valence-electron chi connectivity index (χ3n) is 3.99. The largest absolute Gasteiger partial charge is 0.496 e. The van der Waals surface area contributed by atoms with Crippen molar-refractivity contribution in [3.8, 4) is 5.75 Å². The van der Waals surface area contributed by atoms with E-state index < -0.39 is 6.10 Å². The van der Waals surface area contributed by atoms with Crippen molar-refractivity contribution in [2.24, 2.45) is 0 Å². The second-order valence-electron chi connectivity index (χ2n) is 7.25. The van der Waals surface area contributed by atoms with Gasteiger partial charge in [0.15, 0.2) is 0 Å². The first-order chi connectivity index (χ1) is 12.2. The summed E-state index contributed by atoms with van der Waals surface area (Å²) in [6.07, 6.45) is 5.79. The molecule has 1 atom stereocenters. The van der Waals surface area contributed by atoms with Gasteiger partial charge in [-0.3, -0.25) is 9.78 Å². The number of aliphatic hydroxyl groups excluding tert-OH is 1. The van der Waals surface area contributed by atoms with Crippen molar-refractivity contribution in [2.75, 3.05) is 13.7 Å². The van der Waals surface area contributed by atoms with Gasteiger partial charge < -0.3 is 14.7 Å². The number of hydrogen-bond donors (Lipinski definition) is 1. The Morgan fingerprint density at radius 2 is 1.96 bits per heavy atom. The quantitative estimate of drug-likeness (QED) is 0.772. The van der Waals surface area contributed by atoms with Crippen LogP contribution < -0.4 is 4.74 Å². The Bertz CT molecular complexity index is 747. The maximum absolute atomic E-state index is 12.4. The van der Waals surface area contributed by atoms with Crippen molar-refractivity contribution in [1.29, 1.82) is 0 Å². The van der Waals surface area contributed by atoms with Crippen molar-refractivity contribution in [3.05, 3.63) is 47.8 Å². The first-order valence-corrected chi connectivity index (χ1v) is 8.43. The van der Waals surface area contributed by atoms with Crippen molar-refractivity contribution in [1.82, 2.24) is 19.8 Å². The average molecular weight is 356 g/mol. The normalized spacial score (nSPS) is 12.5. The summed E-state index contributed by atoms with van der Waals surface area (Å²) in [4.78, 5) is 26.6. The summed E-state index contributed by atoms with van der Waals surface area (Å²) in [7, 11) is 3.18. The molecule has 0 spiro atoms. The number of aliphatic hydroxyl groups is 1. The molecule has 2 rings (SSSR count). The van der Waals surface area contributed by atoms with E-state index in [0.717, 1.165) is 11.4 Å². The van der Waals surface area contributed by atoms with E-state index in [2.05, 4.69) is 15.0 Å². The molecule has 2 aromatic heterocycles. The lowest BCUT2D eigenvalue weighted by atomic mass is 9.95. The van der Waals surface area contributed by atoms with E-state index in [-0.39, 0.29) is 24.3 Å². The number of pyridine rings is 1. The highest BCUT2D eigenvalue weighted by molar-refractivity contribution is 6.14. The molecule has 0 radical (unpaired) electrons. The lowest BCUT2D eigenvalue weighted by molar-refractivity contribution is -0.126. The summed E-state index contributed by atoms with van der Waals surface area (Å²) >= 11 is 0. The van der Waals surface area contributed by atoms with E-state index in [0.29, 0.717) is 11.3 Å². The van der Waals surface area contributed by atoms with E-state index in [1.165, 1.54) is 11.9 Å². The van der Waals surface area contributed by atoms with Gasteiger partial charge in [0.05, 0.1) is 13.5 Å². The number of nitrogens with zero attached hydrogens (tertiary/aromatic N) is 4. The number of amides is 1. The molecule has 1 amide bonds. The molecule has 26 heavy (non-hydrogen) atoms. The van der Waals surface area contributed by atoms with Crippen LogP contribution in [-0.2, 0) is 16.6 Å². The monoisotopic (exact) mass is 356 g/mol. The van der Waals surface area contributed by atoms with Gasteiger partial charge in [0, 0.05) is 42.3 Å². The van der Waals surface area contributed by atoms with Gasteiger partial charge in [0.2, 0.25) is 13.9 Å². The van der Waals surface area contributed by atoms with Crippen LogP contribution in [0.4, 0.5) is 0 Å². The number of hydrogen-bond acceptors (Lipinski definition) is 6. The predicted octanol–water partition coefficient (Wildman–Crippen LogP) is 0.830. The van der Waals surface area contributed by atoms with Crippen LogP contribution in [0.2, 0.25) is 0 Å². The van der Waals surface area contributed by atoms with Gasteiger partial charge in [-0.25, -0.2) is 9.97 Å². The van der Waals surface area contributed by atoms with Crippen LogP contribution in [0.15, 0.2) is 30.9 Å². The standard InChI is InChI=1S/C18H25BN4O3/c1-18(2,3)17-21-8-12(9-22-17)7-16(25)23(19)11-14(24)13-10-20-6-5-15(13)26-4/h5-6,8-10,14,24H,7,11,19H2,1-4H3. The Morgan fingerprint density at radius 3 is 2.54 bits per heavy atom. The van der Waals surface area contributed by atoms with Gasteiger partial charge in [-0.1, -0.05) is 20.8 Å². The number of aromatic nitrogens is 3. The van der Waals surface area contributed by atoms with E-state index >= 15 is 0 Å². The molecule has 8 heteroatoms. The average Bonchev–Trinajstić information content (AvgIpc) is 2.61. The van der Waals surface area contributed by atoms with Gasteiger partial charge in [-0.2, -0.15) is 0 Å². The molecule has 0 aromatic carbocycles. The molecule has 0 aliphatic heterocycles. The molecule has 0 bridgehead atoms. The summed E-state index contributed by atoms with van der Waals surface area (Å²) < 4.78 is 5.22. The second-order valence-corrected chi connectivity index (χ2v) is 7.25. The zero-order chi connectivity index (χ0) is 19.3. The SMILES string of the molecule is BN(CC(O)c1cnccc1OC)C(=O)Cc1cnc(C(C)(C)C)nc1. The van der Waals surface area contributed by atoms with Gasteiger partial charge in [-0.15, -0.1) is 0 Å². The summed E-state index contributed by atoms with van der Waals surface area (Å²) in [5.41, 5.74) is 1.16. The van der Waals surface area contributed by atoms with Crippen molar-refractivity contribution < 1.29 is 14.6 Å². The summed E-state index contributed by atoms with van der Waals surface area (Å²) in [6.45, 7) is 6.25. The van der Waals surface area contributed by atoms with Crippen LogP contribution in [0.25, 0.3) is 0 Å². The molecule has 0 aliphatic carbocycles. The number of rotatable bonds is 6. The number of ether oxygens (including phenoxy) is 1. The van der Waals surface area contributed by atoms with Crippen LogP contribution in [0.3, 0.4) is 0 Å². The maximum atomic E-state index is 12.4. The number of methoxy groups -OCH3 is 1. The minimum Gasteiger partial charge on any atom is -0.496 e. The summed E-state index contributed by atoms with van der Waals surface area (Å²) in [6, 6.07) is 1.68. The van der Waals surface area contributed by atoms with Crippen LogP contribution in [0, 0.1) is 0 Å². The Labute approximate surface area is 154 Å². The Kier molecular flexibility index (Phi) is 6.31. The Morgan fingerprint density at radius 1 is 1.31 bits per heavy atom. The highest BCUT2D eigenvalue weighted by atomic mass is 16.5. The third kappa shape index (κ3) is 5.01. The van der Waals surface area contributed by atoms with Gasteiger partial charge in [0.1, 0.15) is 17.7 Å². The molecular weight excluding hydrogens is 331 g/mol. The molecule has 0 saturated carbocycles. The third-order valence-corrected chi connectivity index (χ3v) is 3.99. The molecule has 2 heterocycles. The van der Waals surface area contributed by atoms with Crippen LogP contribution in [0.5, 0.6) is 5.75 Å². The minimum atomic E-state index is -0.882. The smallest absolute Gasteiger partial charge is 0.221 e. The zero-order valence-electron chi connectivity index (χ0n) is 15.9. The molecule has 2 aromatic rings. The fourth-order valence-corrected chi connectivity index (χ4v) is 2.43. The van der Waals surface area contributed by atoms with Crippen molar-refractivity contribution in [2.45, 2.75) is 38.7 Å². The molecule has 138 valence electrons. The number of carbonyl (C=O) groups is 1. The fourth-order valence-electron chi connectivity index (χ4n) is 2.43. The van der Waals surface area contributed by atoms with Gasteiger partial charge in [-0.05, 0) is 11.6 Å². The van der Waals surface area contributed by atoms with E-state index in [1.54, 1.807) is 38.8 Å². The topological polar surface area (TPSA) is 88.4 Å². The van der Waals surface area contributed by atoms with E-state index in [9.17, 15) is 9.90 Å². The van der Waals surface area contributed by atoms with E-state index in [1.807, 2.05) is 20.8 Å². The van der Waals surface area contributed by atoms with Crippen LogP contribution in [0.1, 0.15) is 43.8 Å². The van der Waals surface area contributed by atoms with Crippen molar-refractivity contribution in [3.63, 3.8) is 0 Å². The second kappa shape index (κ2) is 8.27. The van der Waals surface area contributed by atoms with E-state index in [4.69, 9.17) is 4.74 Å². The molecule has 1 unspecified atom stereocenters. The molecular formula is C18H25BN4O3. The van der Waals surface area contributed by atoms with Crippen LogP contribution in [-0.4, -0.2) is 52.4 Å². The summed E-state index contributed by atoms with van der Waals surface area (Å²) in [5, 5.41) is 10.4. The predicted molar refractivity (Wildman–Crippen MR) is 100 cm³/mol. The molecule has 7 nitrogen and oxygen atoms in total. The number of carbonyl (C=O) groups excluding carboxylic acids is 1. The fraction of sp³-hybridized carbons (Fsp3) is 0.444. The Hall–Kier alpha value is -2.48. The summed E-state index contributed by atoms with van der Waals surface area (Å²) in [5.74, 6) is 1.15. The highest BCUT2D eigenvalue weighted by Gasteiger charge is 2.20. The first kappa shape index (κ1) is 19.8. The van der Waals surface area contributed by atoms with Gasteiger partial charge in [0.25, 0.3) is 0 Å². The Balaban J connectivity index is 1.99. The minimum absolute atomic E-state index is 0.126. The molecule has 0 aliphatic rings. The molecule has 0 saturated heterocycles. The zero-order valence-corrected chi connectivity index (χ0v) is 15.9. The van der Waals surface area contributed by atoms with Crippen molar-refractivity contribution >= 4 is 13.9 Å². The lowest BCUT2D eigenvalue weighted by Gasteiger charge is -2.22. The van der Waals surface area contributed by atoms with Crippen LogP contribution >= 0.6 is 0 Å². The van der Waals surface area contributed by atoms with Gasteiger partial charge >= 0.3 is 0 Å². The molecule has 1 N–H and O–H groups in total. The lowest BCUT2D eigenvalue weighted by Crippen LogP contribution is -2.33.